The fraction of sp³-hybridized carbons (Fsp3) is 0.160. The molecule has 162 valence electrons. The second-order valence-corrected chi connectivity index (χ2v) is 8.72. The van der Waals surface area contributed by atoms with Crippen LogP contribution in [0.1, 0.15) is 24.3 Å². The molecule has 0 aliphatic carbocycles. The van der Waals surface area contributed by atoms with E-state index < -0.39 is 0 Å². The molecule has 2 N–H and O–H groups in total. The number of anilines is 1. The zero-order valence-corrected chi connectivity index (χ0v) is 19.2. The summed E-state index contributed by atoms with van der Waals surface area (Å²) in [5, 5.41) is 4.88. The van der Waals surface area contributed by atoms with E-state index in [-0.39, 0.29) is 6.23 Å². The van der Waals surface area contributed by atoms with Crippen LogP contribution in [0.5, 0.6) is 0 Å². The first-order valence-corrected chi connectivity index (χ1v) is 11.2. The van der Waals surface area contributed by atoms with Gasteiger partial charge in [-0.3, -0.25) is 0 Å². The average Bonchev–Trinajstić information content (AvgIpc) is 3.53. The van der Waals surface area contributed by atoms with E-state index in [1.807, 2.05) is 60.3 Å². The first kappa shape index (κ1) is 20.5. The molecule has 32 heavy (non-hydrogen) atoms. The predicted octanol–water partition coefficient (Wildman–Crippen LogP) is 5.91. The number of aromatic nitrogens is 2. The topological polar surface area (TPSA) is 69.5 Å². The van der Waals surface area contributed by atoms with Gasteiger partial charge in [0.15, 0.2) is 0 Å². The molecule has 0 spiro atoms. The Balaban J connectivity index is 1.47. The molecule has 1 atom stereocenters. The SMILES string of the molecule is CC1=CN(CCc2ccc(N)cc2)C(c2cn(-c3ccc(Br)cc3)nc2-c2ccoc2)O1. The van der Waals surface area contributed by atoms with Gasteiger partial charge in [-0.05, 0) is 61.4 Å². The molecule has 1 aliphatic rings. The maximum Gasteiger partial charge on any atom is 0.201 e. The molecule has 0 bridgehead atoms. The van der Waals surface area contributed by atoms with Crippen molar-refractivity contribution < 1.29 is 9.15 Å². The summed E-state index contributed by atoms with van der Waals surface area (Å²) in [5.74, 6) is 0.877. The molecule has 1 aliphatic heterocycles. The highest BCUT2D eigenvalue weighted by atomic mass is 79.9. The molecule has 5 rings (SSSR count). The summed E-state index contributed by atoms with van der Waals surface area (Å²) in [6.45, 7) is 2.78. The van der Waals surface area contributed by atoms with Gasteiger partial charge < -0.3 is 19.8 Å². The van der Waals surface area contributed by atoms with Gasteiger partial charge >= 0.3 is 0 Å². The molecule has 0 amide bonds. The fourth-order valence-corrected chi connectivity index (χ4v) is 4.12. The van der Waals surface area contributed by atoms with Gasteiger partial charge in [-0.25, -0.2) is 4.68 Å². The van der Waals surface area contributed by atoms with Crippen molar-refractivity contribution in [1.82, 2.24) is 14.7 Å². The van der Waals surface area contributed by atoms with E-state index in [4.69, 9.17) is 20.0 Å². The smallest absolute Gasteiger partial charge is 0.201 e. The summed E-state index contributed by atoms with van der Waals surface area (Å²) in [6, 6.07) is 18.0. The Hall–Kier alpha value is -3.45. The van der Waals surface area contributed by atoms with Crippen LogP contribution >= 0.6 is 15.9 Å². The van der Waals surface area contributed by atoms with Gasteiger partial charge in [0.2, 0.25) is 6.23 Å². The molecular formula is C25H23BrN4O2. The Morgan fingerprint density at radius 3 is 2.56 bits per heavy atom. The third kappa shape index (κ3) is 4.16. The Morgan fingerprint density at radius 1 is 1.06 bits per heavy atom. The van der Waals surface area contributed by atoms with Crippen molar-refractivity contribution in [2.24, 2.45) is 0 Å². The number of furan rings is 1. The van der Waals surface area contributed by atoms with E-state index in [9.17, 15) is 0 Å². The van der Waals surface area contributed by atoms with Crippen LogP contribution in [0.15, 0.2) is 94.2 Å². The van der Waals surface area contributed by atoms with Crippen LogP contribution in [0.4, 0.5) is 5.69 Å². The van der Waals surface area contributed by atoms with E-state index in [0.29, 0.717) is 0 Å². The van der Waals surface area contributed by atoms with Gasteiger partial charge in [0, 0.05) is 34.7 Å². The molecule has 4 aromatic rings. The largest absolute Gasteiger partial charge is 0.472 e. The summed E-state index contributed by atoms with van der Waals surface area (Å²) in [6.07, 6.45) is 8.10. The molecule has 0 saturated heterocycles. The summed E-state index contributed by atoms with van der Waals surface area (Å²) in [4.78, 5) is 2.22. The lowest BCUT2D eigenvalue weighted by molar-refractivity contribution is 0.0444. The van der Waals surface area contributed by atoms with Crippen molar-refractivity contribution in [1.29, 1.82) is 0 Å². The maximum atomic E-state index is 6.25. The fourth-order valence-electron chi connectivity index (χ4n) is 3.86. The first-order chi connectivity index (χ1) is 15.6. The second kappa shape index (κ2) is 8.59. The molecule has 0 saturated carbocycles. The van der Waals surface area contributed by atoms with Crippen molar-refractivity contribution in [3.8, 4) is 16.9 Å². The molecule has 3 heterocycles. The Morgan fingerprint density at radius 2 is 1.84 bits per heavy atom. The highest BCUT2D eigenvalue weighted by Gasteiger charge is 2.31. The quantitative estimate of drug-likeness (QED) is 0.340. The lowest BCUT2D eigenvalue weighted by atomic mass is 10.1. The first-order valence-electron chi connectivity index (χ1n) is 10.4. The molecule has 0 radical (unpaired) electrons. The lowest BCUT2D eigenvalue weighted by Gasteiger charge is -2.24. The van der Waals surface area contributed by atoms with Gasteiger partial charge in [0.1, 0.15) is 11.5 Å². The number of halogens is 1. The number of ether oxygens (including phenoxy) is 1. The maximum absolute atomic E-state index is 6.25. The number of nitrogen functional groups attached to an aromatic ring is 1. The Kier molecular flexibility index (Phi) is 5.49. The Bertz CT molecular complexity index is 1230. The number of rotatable bonds is 6. The molecule has 7 heteroatoms. The number of nitrogens with two attached hydrogens (primary N) is 1. The third-order valence-corrected chi connectivity index (χ3v) is 6.01. The van der Waals surface area contributed by atoms with Crippen LogP contribution in [0.25, 0.3) is 16.9 Å². The summed E-state index contributed by atoms with van der Waals surface area (Å²) in [7, 11) is 0. The van der Waals surface area contributed by atoms with E-state index in [2.05, 4.69) is 39.2 Å². The zero-order chi connectivity index (χ0) is 22.1. The van der Waals surface area contributed by atoms with E-state index in [1.165, 1.54) is 5.56 Å². The second-order valence-electron chi connectivity index (χ2n) is 7.81. The molecular weight excluding hydrogens is 468 g/mol. The van der Waals surface area contributed by atoms with Crippen LogP contribution in [-0.4, -0.2) is 21.2 Å². The van der Waals surface area contributed by atoms with Gasteiger partial charge in [0.25, 0.3) is 0 Å². The standard InChI is InChI=1S/C25H23BrN4O2/c1-17-14-29(12-10-18-2-6-21(27)7-3-18)25(32-17)23-15-30(22-8-4-20(26)5-9-22)28-24(23)19-11-13-31-16-19/h2-9,11,13-16,25H,10,12,27H2,1H3. The Labute approximate surface area is 195 Å². The van der Waals surface area contributed by atoms with Crippen LogP contribution in [-0.2, 0) is 11.2 Å². The van der Waals surface area contributed by atoms with Crippen molar-refractivity contribution in [3.63, 3.8) is 0 Å². The molecule has 2 aromatic carbocycles. The van der Waals surface area contributed by atoms with Crippen LogP contribution in [0, 0.1) is 0 Å². The number of hydrogen-bond acceptors (Lipinski definition) is 5. The van der Waals surface area contributed by atoms with Crippen LogP contribution in [0.2, 0.25) is 0 Å². The van der Waals surface area contributed by atoms with Crippen LogP contribution < -0.4 is 5.73 Å². The summed E-state index contributed by atoms with van der Waals surface area (Å²) >= 11 is 3.50. The van der Waals surface area contributed by atoms with Crippen LogP contribution in [0.3, 0.4) is 0 Å². The van der Waals surface area contributed by atoms with E-state index in [1.54, 1.807) is 12.5 Å². The lowest BCUT2D eigenvalue weighted by Crippen LogP contribution is -2.23. The number of benzene rings is 2. The number of hydrogen-bond donors (Lipinski definition) is 1. The van der Waals surface area contributed by atoms with Gasteiger partial charge in [0.05, 0.1) is 23.8 Å². The molecule has 0 fully saturated rings. The minimum Gasteiger partial charge on any atom is -0.472 e. The van der Waals surface area contributed by atoms with Gasteiger partial charge in [-0.15, -0.1) is 0 Å². The monoisotopic (exact) mass is 490 g/mol. The third-order valence-electron chi connectivity index (χ3n) is 5.48. The van der Waals surface area contributed by atoms with Gasteiger partial charge in [-0.2, -0.15) is 5.10 Å². The molecule has 1 unspecified atom stereocenters. The predicted molar refractivity (Wildman–Crippen MR) is 128 cm³/mol. The van der Waals surface area contributed by atoms with Crippen molar-refractivity contribution in [2.75, 3.05) is 12.3 Å². The molecule has 6 nitrogen and oxygen atoms in total. The van der Waals surface area contributed by atoms with Gasteiger partial charge in [-0.1, -0.05) is 28.1 Å². The number of allylic oxidation sites excluding steroid dienone is 1. The normalized spacial score (nSPS) is 15.6. The van der Waals surface area contributed by atoms with Crippen molar-refractivity contribution in [2.45, 2.75) is 19.6 Å². The van der Waals surface area contributed by atoms with E-state index in [0.717, 1.165) is 51.4 Å². The zero-order valence-electron chi connectivity index (χ0n) is 17.6. The molecule has 2 aromatic heterocycles. The van der Waals surface area contributed by atoms with Crippen molar-refractivity contribution >= 4 is 21.6 Å². The number of nitrogens with zero attached hydrogens (tertiary/aromatic N) is 3. The summed E-state index contributed by atoms with van der Waals surface area (Å²) in [5.41, 5.74) is 11.5. The average molecular weight is 491 g/mol. The minimum atomic E-state index is -0.266. The highest BCUT2D eigenvalue weighted by molar-refractivity contribution is 9.10. The minimum absolute atomic E-state index is 0.266. The van der Waals surface area contributed by atoms with Crippen molar-refractivity contribution in [3.05, 3.63) is 101 Å². The highest BCUT2D eigenvalue weighted by Crippen LogP contribution is 2.37. The summed E-state index contributed by atoms with van der Waals surface area (Å²) < 4.78 is 14.5. The van der Waals surface area contributed by atoms with E-state index >= 15 is 0 Å².